The number of nitrogens with zero attached hydrogens (tertiary/aromatic N) is 2. The molecule has 2 aromatic carbocycles. The predicted octanol–water partition coefficient (Wildman–Crippen LogP) is 0.973. The molecule has 0 aromatic heterocycles. The van der Waals surface area contributed by atoms with Gasteiger partial charge in [0.05, 0.1) is 0 Å². The summed E-state index contributed by atoms with van der Waals surface area (Å²) in [5.41, 5.74) is 1.57. The fourth-order valence-electron chi connectivity index (χ4n) is 3.16. The molecule has 1 heterocycles. The lowest BCUT2D eigenvalue weighted by Gasteiger charge is -2.38. The average molecular weight is 367 g/mol. The number of benzene rings is 2. The van der Waals surface area contributed by atoms with E-state index in [1.165, 1.54) is 21.9 Å². The fourth-order valence-corrected chi connectivity index (χ4v) is 3.16. The van der Waals surface area contributed by atoms with Gasteiger partial charge < -0.3 is 15.0 Å². The molecule has 7 nitrogen and oxygen atoms in total. The normalized spacial score (nSPS) is 20.3. The second-order valence-corrected chi connectivity index (χ2v) is 6.44. The predicted molar refractivity (Wildman–Crippen MR) is 99.7 cm³/mol. The molecule has 27 heavy (non-hydrogen) atoms. The Morgan fingerprint density at radius 1 is 1.07 bits per heavy atom. The van der Waals surface area contributed by atoms with Gasteiger partial charge in [-0.05, 0) is 17.7 Å². The first-order valence-electron chi connectivity index (χ1n) is 8.53. The topological polar surface area (TPSA) is 88.4 Å². The maximum absolute atomic E-state index is 12.9. The molecule has 0 aliphatic carbocycles. The zero-order valence-corrected chi connectivity index (χ0v) is 15.1. The van der Waals surface area contributed by atoms with Crippen molar-refractivity contribution in [2.24, 2.45) is 0 Å². The highest BCUT2D eigenvalue weighted by atomic mass is 16.8. The van der Waals surface area contributed by atoms with Crippen molar-refractivity contribution in [3.05, 3.63) is 76.6 Å². The molecule has 3 rings (SSSR count). The highest BCUT2D eigenvalue weighted by Gasteiger charge is 2.39. The molecule has 2 aromatic rings. The van der Waals surface area contributed by atoms with Crippen LogP contribution in [0.5, 0.6) is 0 Å². The van der Waals surface area contributed by atoms with E-state index in [9.17, 15) is 20.0 Å². The number of carbonyl (C=O) groups is 2. The quantitative estimate of drug-likeness (QED) is 0.623. The molecule has 1 saturated heterocycles. The standard InChI is InChI=1S/C20H21N3O4/c1-21-17(12-14-8-4-3-5-9-14)19(24)22(2)18(20(21)25)13-15-10-6-7-11-16(15)23(26)27/h3-11,13,17,23,26H,12H2,1-2H3/b18-13-/t17-/m0/s1. The van der Waals surface area contributed by atoms with Crippen molar-refractivity contribution in [3.8, 4) is 0 Å². The van der Waals surface area contributed by atoms with E-state index in [0.717, 1.165) is 5.56 Å². The zero-order valence-electron chi connectivity index (χ0n) is 15.1. The van der Waals surface area contributed by atoms with E-state index < -0.39 is 11.3 Å². The first kappa shape index (κ1) is 18.8. The van der Waals surface area contributed by atoms with E-state index in [2.05, 4.69) is 0 Å². The van der Waals surface area contributed by atoms with Gasteiger partial charge in [0.2, 0.25) is 5.91 Å². The first-order chi connectivity index (χ1) is 12.9. The molecule has 0 spiro atoms. The van der Waals surface area contributed by atoms with E-state index in [-0.39, 0.29) is 23.2 Å². The number of amides is 2. The summed E-state index contributed by atoms with van der Waals surface area (Å²) in [6.45, 7) is 0. The van der Waals surface area contributed by atoms with Gasteiger partial charge in [0.1, 0.15) is 11.7 Å². The lowest BCUT2D eigenvalue weighted by Crippen LogP contribution is -2.99. The van der Waals surface area contributed by atoms with E-state index in [4.69, 9.17) is 0 Å². The summed E-state index contributed by atoms with van der Waals surface area (Å²) in [6.07, 6.45) is 1.88. The Bertz CT molecular complexity index is 880. The Labute approximate surface area is 157 Å². The van der Waals surface area contributed by atoms with E-state index >= 15 is 0 Å². The molecule has 0 radical (unpaired) electrons. The molecule has 1 unspecified atom stereocenters. The highest BCUT2D eigenvalue weighted by molar-refractivity contribution is 6.07. The minimum absolute atomic E-state index is 0.0766. The van der Waals surface area contributed by atoms with E-state index in [1.54, 1.807) is 32.3 Å². The summed E-state index contributed by atoms with van der Waals surface area (Å²) in [5, 5.41) is 19.6. The fraction of sp³-hybridized carbons (Fsp3) is 0.200. The largest absolute Gasteiger partial charge is 0.595 e. The molecule has 1 fully saturated rings. The highest BCUT2D eigenvalue weighted by Crippen LogP contribution is 2.24. The van der Waals surface area contributed by atoms with Crippen LogP contribution in [0, 0.1) is 5.21 Å². The van der Waals surface area contributed by atoms with Crippen molar-refractivity contribution in [1.82, 2.24) is 9.80 Å². The molecule has 1 aliphatic heterocycles. The van der Waals surface area contributed by atoms with Crippen molar-refractivity contribution in [2.45, 2.75) is 12.5 Å². The SMILES string of the molecule is CN1C(=O)[C@H](Cc2ccccc2)N(C)C(=O)/C1=C/c1ccccc1[NH+]([O-])O. The van der Waals surface area contributed by atoms with Crippen LogP contribution in [0.4, 0.5) is 5.69 Å². The summed E-state index contributed by atoms with van der Waals surface area (Å²) >= 11 is 0. The number of quaternary nitrogens is 1. The molecule has 2 amide bonds. The molecule has 0 saturated carbocycles. The number of carbonyl (C=O) groups excluding carboxylic acids is 2. The molecule has 0 bridgehead atoms. The molecule has 2 N–H and O–H groups in total. The van der Waals surface area contributed by atoms with Crippen LogP contribution >= 0.6 is 0 Å². The van der Waals surface area contributed by atoms with Crippen LogP contribution in [-0.4, -0.2) is 47.0 Å². The Morgan fingerprint density at radius 3 is 2.37 bits per heavy atom. The van der Waals surface area contributed by atoms with Crippen molar-refractivity contribution >= 4 is 23.6 Å². The Hall–Kier alpha value is -3.00. The van der Waals surface area contributed by atoms with Crippen LogP contribution in [-0.2, 0) is 16.0 Å². The molecular weight excluding hydrogens is 346 g/mol. The second-order valence-electron chi connectivity index (χ2n) is 6.44. The van der Waals surface area contributed by atoms with Crippen LogP contribution < -0.4 is 5.23 Å². The van der Waals surface area contributed by atoms with Gasteiger partial charge in [-0.2, -0.15) is 5.23 Å². The van der Waals surface area contributed by atoms with Crippen LogP contribution in [0.1, 0.15) is 11.1 Å². The second kappa shape index (κ2) is 7.71. The summed E-state index contributed by atoms with van der Waals surface area (Å²) in [5.74, 6) is -0.529. The van der Waals surface area contributed by atoms with Crippen molar-refractivity contribution < 1.29 is 20.0 Å². The molecule has 2 atom stereocenters. The first-order valence-corrected chi connectivity index (χ1v) is 8.53. The number of nitrogens with one attached hydrogen (secondary N) is 1. The summed E-state index contributed by atoms with van der Waals surface area (Å²) in [4.78, 5) is 28.5. The van der Waals surface area contributed by atoms with Crippen molar-refractivity contribution in [2.75, 3.05) is 14.1 Å². The van der Waals surface area contributed by atoms with Crippen LogP contribution in [0.25, 0.3) is 6.08 Å². The van der Waals surface area contributed by atoms with Gasteiger partial charge in [-0.3, -0.25) is 9.59 Å². The molecule has 7 heteroatoms. The van der Waals surface area contributed by atoms with E-state index in [1.807, 2.05) is 30.3 Å². The van der Waals surface area contributed by atoms with Crippen molar-refractivity contribution in [3.63, 3.8) is 0 Å². The third kappa shape index (κ3) is 3.75. The Morgan fingerprint density at radius 2 is 1.70 bits per heavy atom. The number of para-hydroxylation sites is 1. The Kier molecular flexibility index (Phi) is 5.36. The summed E-state index contributed by atoms with van der Waals surface area (Å²) in [7, 11) is 3.14. The van der Waals surface area contributed by atoms with Gasteiger partial charge >= 0.3 is 0 Å². The molecule has 140 valence electrons. The van der Waals surface area contributed by atoms with Crippen LogP contribution in [0.3, 0.4) is 0 Å². The van der Waals surface area contributed by atoms with Gasteiger partial charge in [-0.25, -0.2) is 5.21 Å². The van der Waals surface area contributed by atoms with Gasteiger partial charge in [0.15, 0.2) is 5.69 Å². The number of likely N-dealkylation sites (N-methyl/N-ethyl adjacent to an activating group) is 2. The number of piperazine rings is 1. The lowest BCUT2D eigenvalue weighted by atomic mass is 10.00. The third-order valence-corrected chi connectivity index (χ3v) is 4.74. The lowest BCUT2D eigenvalue weighted by molar-refractivity contribution is -0.991. The van der Waals surface area contributed by atoms with Gasteiger partial charge in [0, 0.05) is 32.1 Å². The monoisotopic (exact) mass is 367 g/mol. The third-order valence-electron chi connectivity index (χ3n) is 4.74. The summed E-state index contributed by atoms with van der Waals surface area (Å²) in [6, 6.07) is 15.3. The number of hydrogen-bond donors (Lipinski definition) is 2. The van der Waals surface area contributed by atoms with Gasteiger partial charge in [0.25, 0.3) is 5.91 Å². The summed E-state index contributed by atoms with van der Waals surface area (Å²) < 4.78 is 0. The van der Waals surface area contributed by atoms with Gasteiger partial charge in [-0.15, -0.1) is 0 Å². The van der Waals surface area contributed by atoms with Gasteiger partial charge in [-0.1, -0.05) is 42.5 Å². The minimum atomic E-state index is -1.09. The van der Waals surface area contributed by atoms with Crippen LogP contribution in [0.15, 0.2) is 60.3 Å². The molecular formula is C20H21N3O4. The smallest absolute Gasteiger partial charge is 0.271 e. The average Bonchev–Trinajstić information content (AvgIpc) is 2.68. The number of rotatable bonds is 4. The maximum Gasteiger partial charge on any atom is 0.271 e. The molecule has 1 aliphatic rings. The Balaban J connectivity index is 1.93. The number of hydrogen-bond acceptors (Lipinski definition) is 4. The maximum atomic E-state index is 12.9. The minimum Gasteiger partial charge on any atom is -0.595 e. The zero-order chi connectivity index (χ0) is 19.6. The van der Waals surface area contributed by atoms with Crippen LogP contribution in [0.2, 0.25) is 0 Å². The van der Waals surface area contributed by atoms with E-state index in [0.29, 0.717) is 12.0 Å². The van der Waals surface area contributed by atoms with Crippen molar-refractivity contribution in [1.29, 1.82) is 0 Å².